The van der Waals surface area contributed by atoms with Crippen molar-refractivity contribution in [2.24, 2.45) is 0 Å². The van der Waals surface area contributed by atoms with E-state index in [0.29, 0.717) is 13.2 Å². The summed E-state index contributed by atoms with van der Waals surface area (Å²) in [6.45, 7) is 16.0. The third-order valence-corrected chi connectivity index (χ3v) is 12.6. The van der Waals surface area contributed by atoms with Crippen LogP contribution < -0.4 is 0 Å². The van der Waals surface area contributed by atoms with E-state index >= 15 is 0 Å². The first-order valence-corrected chi connectivity index (χ1v) is 19.5. The lowest BCUT2D eigenvalue weighted by atomic mass is 10.3. The second-order valence-corrected chi connectivity index (χ2v) is 16.7. The summed E-state index contributed by atoms with van der Waals surface area (Å²) in [5.41, 5.74) is 0. The van der Waals surface area contributed by atoms with Gasteiger partial charge in [-0.2, -0.15) is 0 Å². The minimum Gasteiger partial charge on any atom is -0.398 e. The smallest absolute Gasteiger partial charge is 0.334 e. The molecule has 0 spiro atoms. The second-order valence-electron chi connectivity index (χ2n) is 9.74. The first kappa shape index (κ1) is 40.2. The lowest BCUT2D eigenvalue weighted by Crippen LogP contribution is -2.39. The third-order valence-electron chi connectivity index (χ3n) is 6.50. The Morgan fingerprint density at radius 1 is 0.500 bits per heavy atom. The van der Waals surface area contributed by atoms with Crippen molar-refractivity contribution in [3.8, 4) is 0 Å². The third kappa shape index (κ3) is 22.8. The molecule has 10 nitrogen and oxygen atoms in total. The van der Waals surface area contributed by atoms with Gasteiger partial charge in [0.25, 0.3) is 0 Å². The topological polar surface area (TPSA) is 124 Å². The van der Waals surface area contributed by atoms with Crippen LogP contribution in [-0.4, -0.2) is 140 Å². The van der Waals surface area contributed by atoms with Crippen LogP contribution in [0.4, 0.5) is 0 Å². The van der Waals surface area contributed by atoms with Crippen LogP contribution in [0.2, 0.25) is 25.2 Å². The average molecular weight is 587 g/mol. The zero-order valence-electron chi connectivity index (χ0n) is 25.5. The van der Waals surface area contributed by atoms with Gasteiger partial charge in [-0.1, -0.05) is 0 Å². The lowest BCUT2D eigenvalue weighted by Gasteiger charge is -2.28. The molecule has 0 aromatic rings. The maximum atomic E-state index is 8.93. The van der Waals surface area contributed by atoms with E-state index in [9.17, 15) is 0 Å². The van der Waals surface area contributed by atoms with Gasteiger partial charge in [-0.15, -0.1) is 0 Å². The van der Waals surface area contributed by atoms with E-state index < -0.39 is 17.1 Å². The summed E-state index contributed by atoms with van der Waals surface area (Å²) in [5.74, 6) is 0. The molecule has 0 amide bonds. The fraction of sp³-hybridized carbons (Fsp3) is 1.00. The average Bonchev–Trinajstić information content (AvgIpc) is 2.91. The normalized spacial score (nSPS) is 12.3. The molecule has 38 heavy (non-hydrogen) atoms. The number of hydrogen-bond donors (Lipinski definition) is 4. The number of rotatable bonds is 26. The molecule has 4 N–H and O–H groups in total. The van der Waals surface area contributed by atoms with Crippen molar-refractivity contribution in [2.45, 2.75) is 77.6 Å². The van der Waals surface area contributed by atoms with E-state index in [2.05, 4.69) is 22.9 Å². The van der Waals surface area contributed by atoms with Crippen molar-refractivity contribution < 1.29 is 38.1 Å². The Morgan fingerprint density at radius 3 is 1.05 bits per heavy atom. The Labute approximate surface area is 235 Å². The molecule has 0 unspecified atom stereocenters. The first-order chi connectivity index (χ1) is 18.2. The van der Waals surface area contributed by atoms with Crippen LogP contribution in [-0.2, 0) is 17.7 Å². The predicted octanol–water partition coefficient (Wildman–Crippen LogP) is 2.40. The van der Waals surface area contributed by atoms with Gasteiger partial charge in [0.2, 0.25) is 0 Å². The van der Waals surface area contributed by atoms with Gasteiger partial charge in [-0.05, 0) is 90.6 Å². The summed E-state index contributed by atoms with van der Waals surface area (Å²) < 4.78 is 22.6. The van der Waals surface area contributed by atoms with Crippen molar-refractivity contribution in [2.75, 3.05) is 93.1 Å². The summed E-state index contributed by atoms with van der Waals surface area (Å²) in [5, 5.41) is 35.6. The second kappa shape index (κ2) is 27.2. The maximum Gasteiger partial charge on any atom is 0.334 e. The Balaban J connectivity index is 0. The van der Waals surface area contributed by atoms with E-state index in [-0.39, 0.29) is 26.4 Å². The van der Waals surface area contributed by atoms with Gasteiger partial charge in [0.05, 0.1) is 0 Å². The summed E-state index contributed by atoms with van der Waals surface area (Å²) in [6.07, 6.45) is 5.22. The number of nitrogens with zero attached hydrogens (tertiary/aromatic N) is 2. The summed E-state index contributed by atoms with van der Waals surface area (Å²) >= 11 is 0. The highest BCUT2D eigenvalue weighted by Crippen LogP contribution is 2.17. The molecule has 0 aromatic heterocycles. The molecule has 0 bridgehead atoms. The van der Waals surface area contributed by atoms with Crippen LogP contribution >= 0.6 is 0 Å². The van der Waals surface area contributed by atoms with Crippen molar-refractivity contribution in [3.05, 3.63) is 0 Å². The highest BCUT2D eigenvalue weighted by molar-refractivity contribution is 6.66. The number of hydrogen-bond acceptors (Lipinski definition) is 10. The molecule has 0 heterocycles. The van der Waals surface area contributed by atoms with Crippen molar-refractivity contribution >= 4 is 17.1 Å². The van der Waals surface area contributed by atoms with Gasteiger partial charge in [0.1, 0.15) is 0 Å². The first-order valence-electron chi connectivity index (χ1n) is 14.5. The van der Waals surface area contributed by atoms with E-state index in [0.717, 1.165) is 89.9 Å². The van der Waals surface area contributed by atoms with E-state index in [1.807, 2.05) is 13.8 Å². The molecule has 0 aliphatic carbocycles. The Kier molecular flexibility index (Phi) is 28.8. The lowest BCUT2D eigenvalue weighted by molar-refractivity contribution is 0.180. The summed E-state index contributed by atoms with van der Waals surface area (Å²) in [7, 11) is -0.530. The molecule has 0 aliphatic rings. The number of aliphatic hydroxyl groups excluding tert-OH is 4. The molecular weight excluding hydrogens is 524 g/mol. The minimum absolute atomic E-state index is 0.220. The van der Waals surface area contributed by atoms with E-state index in [1.165, 1.54) is 0 Å². The Bertz CT molecular complexity index is 472. The van der Waals surface area contributed by atoms with Gasteiger partial charge < -0.3 is 47.9 Å². The van der Waals surface area contributed by atoms with Gasteiger partial charge in [-0.3, -0.25) is 0 Å². The van der Waals surface area contributed by atoms with Crippen LogP contribution in [0.1, 0.15) is 52.4 Å². The van der Waals surface area contributed by atoms with Crippen LogP contribution in [0.25, 0.3) is 0 Å². The van der Waals surface area contributed by atoms with Crippen LogP contribution in [0.3, 0.4) is 0 Å². The van der Waals surface area contributed by atoms with Gasteiger partial charge in [0, 0.05) is 80.0 Å². The molecule has 0 aliphatic heterocycles. The molecule has 232 valence electrons. The van der Waals surface area contributed by atoms with Crippen molar-refractivity contribution in [3.63, 3.8) is 0 Å². The summed E-state index contributed by atoms with van der Waals surface area (Å²) in [6, 6.07) is 1.96. The highest BCUT2D eigenvalue weighted by Gasteiger charge is 2.30. The maximum absolute atomic E-state index is 8.93. The summed E-state index contributed by atoms with van der Waals surface area (Å²) in [4.78, 5) is 4.59. The molecule has 0 rings (SSSR count). The quantitative estimate of drug-likeness (QED) is 0.112. The Hall–Kier alpha value is 0.0338. The van der Waals surface area contributed by atoms with E-state index in [1.54, 1.807) is 14.2 Å². The molecule has 12 heteroatoms. The monoisotopic (exact) mass is 586 g/mol. The zero-order chi connectivity index (χ0) is 29.1. The fourth-order valence-corrected chi connectivity index (χ4v) is 7.95. The van der Waals surface area contributed by atoms with Crippen LogP contribution in [0.5, 0.6) is 0 Å². The molecule has 0 atom stereocenters. The molecule has 0 fully saturated rings. The van der Waals surface area contributed by atoms with Crippen molar-refractivity contribution in [1.29, 1.82) is 0 Å². The fourth-order valence-electron chi connectivity index (χ4n) is 4.18. The molecule has 0 aromatic carbocycles. The van der Waals surface area contributed by atoms with Gasteiger partial charge in [0.15, 0.2) is 0 Å². The number of aliphatic hydroxyl groups is 4. The SMILES string of the molecule is CCO[Si](C)(CCCN(CCCO)CCCO)OCC.CO[Si](C)(CCCN(CCCO)CCCO)OC. The van der Waals surface area contributed by atoms with Gasteiger partial charge >= 0.3 is 17.1 Å². The predicted molar refractivity (Wildman–Crippen MR) is 159 cm³/mol. The van der Waals surface area contributed by atoms with E-state index in [4.69, 9.17) is 38.1 Å². The largest absolute Gasteiger partial charge is 0.398 e. The molecule has 0 saturated carbocycles. The molecular formula is C26H62N2O8Si2. The molecule has 0 saturated heterocycles. The van der Waals surface area contributed by atoms with Crippen molar-refractivity contribution in [1.82, 2.24) is 9.80 Å². The highest BCUT2D eigenvalue weighted by atomic mass is 28.4. The van der Waals surface area contributed by atoms with Crippen LogP contribution in [0, 0.1) is 0 Å². The zero-order valence-corrected chi connectivity index (χ0v) is 27.5. The Morgan fingerprint density at radius 2 is 0.789 bits per heavy atom. The standard InChI is InChI=1S/C14H33NO4Si.C12H29NO4Si/c1-4-18-20(3,19-5-2)14-8-11-15(9-6-12-16)10-7-13-17;1-16-18(3,17-2)12-6-9-13(7-4-10-14)8-5-11-15/h16-17H,4-14H2,1-3H3;14-15H,4-12H2,1-3H3. The molecule has 0 radical (unpaired) electrons. The van der Waals surface area contributed by atoms with Gasteiger partial charge in [-0.25, -0.2) is 0 Å². The van der Waals surface area contributed by atoms with Crippen LogP contribution in [0.15, 0.2) is 0 Å². The minimum atomic E-state index is -2.00.